The van der Waals surface area contributed by atoms with Crippen LogP contribution in [0.15, 0.2) is 24.3 Å². The van der Waals surface area contributed by atoms with Crippen LogP contribution in [0.1, 0.15) is 76.7 Å². The molecule has 0 spiro atoms. The highest BCUT2D eigenvalue weighted by Gasteiger charge is 2.53. The van der Waals surface area contributed by atoms with Crippen LogP contribution in [0.4, 0.5) is 5.69 Å². The number of anilines is 1. The summed E-state index contributed by atoms with van der Waals surface area (Å²) in [5.41, 5.74) is 6.91. The standard InChI is InChI=1S/C21H33N3O/c1-2-3-4-5-6-7-8-9-10-17-11-13-18(14-12-17)24-20(25)21(15-16-21)19(22)23/h11-14H,2-10,15-16H2,1H3,(H3,22,23)(H,24,25). The molecule has 2 rings (SSSR count). The van der Waals surface area contributed by atoms with Crippen molar-refractivity contribution in [2.45, 2.75) is 77.6 Å². The van der Waals surface area contributed by atoms with E-state index in [0.717, 1.165) is 12.1 Å². The van der Waals surface area contributed by atoms with Crippen LogP contribution in [0.3, 0.4) is 0 Å². The van der Waals surface area contributed by atoms with E-state index >= 15 is 0 Å². The molecule has 1 saturated carbocycles. The van der Waals surface area contributed by atoms with Crippen molar-refractivity contribution in [2.75, 3.05) is 5.32 Å². The summed E-state index contributed by atoms with van der Waals surface area (Å²) >= 11 is 0. The van der Waals surface area contributed by atoms with Gasteiger partial charge in [0.1, 0.15) is 11.3 Å². The summed E-state index contributed by atoms with van der Waals surface area (Å²) < 4.78 is 0. The average Bonchev–Trinajstić information content (AvgIpc) is 3.41. The summed E-state index contributed by atoms with van der Waals surface area (Å²) in [4.78, 5) is 12.2. The molecule has 138 valence electrons. The summed E-state index contributed by atoms with van der Waals surface area (Å²) in [6.45, 7) is 2.25. The summed E-state index contributed by atoms with van der Waals surface area (Å²) in [5, 5.41) is 10.5. The Kier molecular flexibility index (Phi) is 7.48. The summed E-state index contributed by atoms with van der Waals surface area (Å²) in [5.74, 6) is -0.160. The number of hydrogen-bond acceptors (Lipinski definition) is 2. The molecule has 1 fully saturated rings. The van der Waals surface area contributed by atoms with E-state index in [1.807, 2.05) is 12.1 Å². The van der Waals surface area contributed by atoms with Crippen molar-refractivity contribution in [3.05, 3.63) is 29.8 Å². The highest BCUT2D eigenvalue weighted by molar-refractivity contribution is 6.13. The lowest BCUT2D eigenvalue weighted by Gasteiger charge is -2.13. The summed E-state index contributed by atoms with van der Waals surface area (Å²) in [6.07, 6.45) is 13.1. The first kappa shape index (κ1) is 19.5. The van der Waals surface area contributed by atoms with Gasteiger partial charge in [0.05, 0.1) is 0 Å². The van der Waals surface area contributed by atoms with Gasteiger partial charge in [-0.25, -0.2) is 0 Å². The van der Waals surface area contributed by atoms with Gasteiger partial charge in [0.2, 0.25) is 5.91 Å². The molecule has 0 saturated heterocycles. The van der Waals surface area contributed by atoms with Crippen LogP contribution < -0.4 is 11.1 Å². The zero-order chi connectivity index (χ0) is 18.1. The fourth-order valence-corrected chi connectivity index (χ4v) is 3.21. The number of nitrogens with one attached hydrogen (secondary N) is 2. The molecule has 4 nitrogen and oxygen atoms in total. The van der Waals surface area contributed by atoms with Crippen molar-refractivity contribution < 1.29 is 4.79 Å². The molecule has 0 radical (unpaired) electrons. The second-order valence-corrected chi connectivity index (χ2v) is 7.37. The van der Waals surface area contributed by atoms with Gasteiger partial charge < -0.3 is 11.1 Å². The number of unbranched alkanes of at least 4 members (excludes halogenated alkanes) is 7. The van der Waals surface area contributed by atoms with Crippen molar-refractivity contribution in [3.63, 3.8) is 0 Å². The molecule has 1 aliphatic rings. The normalized spacial score (nSPS) is 14.9. The van der Waals surface area contributed by atoms with Crippen LogP contribution in [0.25, 0.3) is 0 Å². The molecular weight excluding hydrogens is 310 g/mol. The van der Waals surface area contributed by atoms with E-state index in [0.29, 0.717) is 12.8 Å². The number of rotatable bonds is 12. The molecule has 1 aliphatic carbocycles. The zero-order valence-electron chi connectivity index (χ0n) is 15.6. The molecule has 4 heteroatoms. The number of aryl methyl sites for hydroxylation is 1. The Balaban J connectivity index is 1.65. The van der Waals surface area contributed by atoms with Crippen LogP contribution in [0.5, 0.6) is 0 Å². The van der Waals surface area contributed by atoms with Gasteiger partial charge in [-0.2, -0.15) is 0 Å². The number of carbonyl (C=O) groups excluding carboxylic acids is 1. The number of hydrogen-bond donors (Lipinski definition) is 3. The average molecular weight is 344 g/mol. The first-order valence-electron chi connectivity index (χ1n) is 9.83. The predicted molar refractivity (Wildman–Crippen MR) is 105 cm³/mol. The van der Waals surface area contributed by atoms with Gasteiger partial charge in [-0.15, -0.1) is 0 Å². The number of amides is 1. The maximum absolute atomic E-state index is 12.2. The first-order chi connectivity index (χ1) is 12.1. The molecule has 4 N–H and O–H groups in total. The number of amidine groups is 1. The Bertz CT molecular complexity index is 561. The lowest BCUT2D eigenvalue weighted by molar-refractivity contribution is -0.119. The van der Waals surface area contributed by atoms with Crippen LogP contribution in [-0.4, -0.2) is 11.7 Å². The minimum Gasteiger partial charge on any atom is -0.387 e. The van der Waals surface area contributed by atoms with Crippen LogP contribution in [0, 0.1) is 10.8 Å². The maximum atomic E-state index is 12.2. The molecule has 0 unspecified atom stereocenters. The van der Waals surface area contributed by atoms with Crippen molar-refractivity contribution in [1.29, 1.82) is 5.41 Å². The second kappa shape index (κ2) is 9.59. The molecule has 1 aromatic carbocycles. The van der Waals surface area contributed by atoms with Crippen molar-refractivity contribution >= 4 is 17.4 Å². The van der Waals surface area contributed by atoms with Gasteiger partial charge in [0.15, 0.2) is 0 Å². The fourth-order valence-electron chi connectivity index (χ4n) is 3.21. The lowest BCUT2D eigenvalue weighted by Crippen LogP contribution is -2.35. The number of nitrogens with two attached hydrogens (primary N) is 1. The lowest BCUT2D eigenvalue weighted by atomic mass is 10.0. The summed E-state index contributed by atoms with van der Waals surface area (Å²) in [7, 11) is 0. The van der Waals surface area contributed by atoms with Gasteiger partial charge in [-0.3, -0.25) is 10.2 Å². The van der Waals surface area contributed by atoms with Gasteiger partial charge in [-0.05, 0) is 43.4 Å². The Morgan fingerprint density at radius 2 is 1.60 bits per heavy atom. The third kappa shape index (κ3) is 5.87. The molecular formula is C21H33N3O. The quantitative estimate of drug-likeness (QED) is 0.283. The third-order valence-corrected chi connectivity index (χ3v) is 5.23. The zero-order valence-corrected chi connectivity index (χ0v) is 15.6. The Labute approximate surface area is 152 Å². The number of benzene rings is 1. The molecule has 0 heterocycles. The van der Waals surface area contributed by atoms with Crippen LogP contribution in [-0.2, 0) is 11.2 Å². The second-order valence-electron chi connectivity index (χ2n) is 7.37. The molecule has 25 heavy (non-hydrogen) atoms. The van der Waals surface area contributed by atoms with E-state index in [1.54, 1.807) is 0 Å². The van der Waals surface area contributed by atoms with Gasteiger partial charge in [-0.1, -0.05) is 64.0 Å². The summed E-state index contributed by atoms with van der Waals surface area (Å²) in [6, 6.07) is 8.08. The van der Waals surface area contributed by atoms with Gasteiger partial charge in [0, 0.05) is 5.69 Å². The molecule has 0 bridgehead atoms. The van der Waals surface area contributed by atoms with E-state index in [4.69, 9.17) is 11.1 Å². The first-order valence-corrected chi connectivity index (χ1v) is 9.83. The van der Waals surface area contributed by atoms with Gasteiger partial charge >= 0.3 is 0 Å². The molecule has 0 aliphatic heterocycles. The SMILES string of the molecule is CCCCCCCCCCc1ccc(NC(=O)C2(C(=N)N)CC2)cc1. The maximum Gasteiger partial charge on any atom is 0.238 e. The fraction of sp³-hybridized carbons (Fsp3) is 0.619. The topological polar surface area (TPSA) is 79.0 Å². The minimum atomic E-state index is -0.740. The van der Waals surface area contributed by atoms with Crippen molar-refractivity contribution in [3.8, 4) is 0 Å². The minimum absolute atomic E-state index is 0.0173. The monoisotopic (exact) mass is 343 g/mol. The van der Waals surface area contributed by atoms with E-state index in [9.17, 15) is 4.79 Å². The van der Waals surface area contributed by atoms with Crippen LogP contribution >= 0.6 is 0 Å². The van der Waals surface area contributed by atoms with E-state index < -0.39 is 5.41 Å². The third-order valence-electron chi connectivity index (χ3n) is 5.23. The Morgan fingerprint density at radius 3 is 2.12 bits per heavy atom. The molecule has 1 aromatic rings. The van der Waals surface area contributed by atoms with E-state index in [1.165, 1.54) is 56.9 Å². The molecule has 0 atom stereocenters. The predicted octanol–water partition coefficient (Wildman–Crippen LogP) is 5.02. The van der Waals surface area contributed by atoms with Crippen LogP contribution in [0.2, 0.25) is 0 Å². The van der Waals surface area contributed by atoms with Crippen molar-refractivity contribution in [1.82, 2.24) is 0 Å². The highest BCUT2D eigenvalue weighted by atomic mass is 16.2. The van der Waals surface area contributed by atoms with E-state index in [2.05, 4.69) is 24.4 Å². The number of carbonyl (C=O) groups is 1. The van der Waals surface area contributed by atoms with Crippen molar-refractivity contribution in [2.24, 2.45) is 11.1 Å². The Hall–Kier alpha value is -1.84. The van der Waals surface area contributed by atoms with Gasteiger partial charge in [0.25, 0.3) is 0 Å². The van der Waals surface area contributed by atoms with E-state index in [-0.39, 0.29) is 11.7 Å². The molecule has 1 amide bonds. The highest BCUT2D eigenvalue weighted by Crippen LogP contribution is 2.46. The Morgan fingerprint density at radius 1 is 1.04 bits per heavy atom. The largest absolute Gasteiger partial charge is 0.387 e. The smallest absolute Gasteiger partial charge is 0.238 e. The molecule has 0 aromatic heterocycles.